The number of nitrogens with zero attached hydrogens (tertiary/aromatic N) is 3. The maximum absolute atomic E-state index is 5.99. The molecule has 18 heavy (non-hydrogen) atoms. The first kappa shape index (κ1) is 14.7. The summed E-state index contributed by atoms with van der Waals surface area (Å²) in [5.41, 5.74) is 5.84. The van der Waals surface area contributed by atoms with E-state index in [1.54, 1.807) is 6.33 Å². The summed E-state index contributed by atoms with van der Waals surface area (Å²) in [6, 6.07) is 1.97. The maximum atomic E-state index is 5.99. The van der Waals surface area contributed by atoms with E-state index in [9.17, 15) is 0 Å². The van der Waals surface area contributed by atoms with Crippen molar-refractivity contribution >= 4 is 11.6 Å². The summed E-state index contributed by atoms with van der Waals surface area (Å²) in [6.07, 6.45) is 3.60. The van der Waals surface area contributed by atoms with Crippen LogP contribution in [0.25, 0.3) is 0 Å². The van der Waals surface area contributed by atoms with Crippen molar-refractivity contribution in [2.75, 3.05) is 30.4 Å². The summed E-state index contributed by atoms with van der Waals surface area (Å²) in [5, 5.41) is 3.26. The van der Waals surface area contributed by atoms with Crippen LogP contribution in [0.4, 0.5) is 11.6 Å². The Hall–Kier alpha value is -1.36. The topological polar surface area (TPSA) is 67.1 Å². The molecule has 0 spiro atoms. The fourth-order valence-corrected chi connectivity index (χ4v) is 1.48. The molecule has 102 valence electrons. The summed E-state index contributed by atoms with van der Waals surface area (Å²) in [7, 11) is 2.03. The lowest BCUT2D eigenvalue weighted by Crippen LogP contribution is -2.36. The standard InChI is InChI=1S/C13H25N5/c1-5-7-15-11-9-12(17-10-16-11)18(4)8-6-13(2,3)14/h9-10H,5-8,14H2,1-4H3,(H,15,16,17). The van der Waals surface area contributed by atoms with Gasteiger partial charge in [-0.3, -0.25) is 0 Å². The summed E-state index contributed by atoms with van der Waals surface area (Å²) in [4.78, 5) is 10.6. The van der Waals surface area contributed by atoms with E-state index < -0.39 is 0 Å². The van der Waals surface area contributed by atoms with E-state index in [1.807, 2.05) is 27.0 Å². The number of hydrogen-bond acceptors (Lipinski definition) is 5. The van der Waals surface area contributed by atoms with Crippen LogP contribution in [0.5, 0.6) is 0 Å². The monoisotopic (exact) mass is 251 g/mol. The van der Waals surface area contributed by atoms with Gasteiger partial charge in [0.05, 0.1) is 0 Å². The lowest BCUT2D eigenvalue weighted by Gasteiger charge is -2.24. The van der Waals surface area contributed by atoms with Gasteiger partial charge in [0.25, 0.3) is 0 Å². The number of hydrogen-bond donors (Lipinski definition) is 2. The minimum Gasteiger partial charge on any atom is -0.370 e. The Labute approximate surface area is 110 Å². The predicted octanol–water partition coefficient (Wildman–Crippen LogP) is 1.86. The molecule has 5 heteroatoms. The molecular weight excluding hydrogens is 226 g/mol. The first-order valence-electron chi connectivity index (χ1n) is 6.48. The van der Waals surface area contributed by atoms with Gasteiger partial charge in [0.15, 0.2) is 0 Å². The van der Waals surface area contributed by atoms with Gasteiger partial charge in [-0.2, -0.15) is 0 Å². The van der Waals surface area contributed by atoms with Crippen LogP contribution in [0.3, 0.4) is 0 Å². The van der Waals surface area contributed by atoms with Gasteiger partial charge < -0.3 is 16.0 Å². The SMILES string of the molecule is CCCNc1cc(N(C)CCC(C)(C)N)ncn1. The normalized spacial score (nSPS) is 11.4. The van der Waals surface area contributed by atoms with Crippen LogP contribution in [-0.2, 0) is 0 Å². The molecule has 0 fully saturated rings. The van der Waals surface area contributed by atoms with Crippen molar-refractivity contribution < 1.29 is 0 Å². The van der Waals surface area contributed by atoms with Gasteiger partial charge in [-0.15, -0.1) is 0 Å². The Morgan fingerprint density at radius 2 is 2.11 bits per heavy atom. The zero-order valence-electron chi connectivity index (χ0n) is 11.9. The van der Waals surface area contributed by atoms with Crippen LogP contribution >= 0.6 is 0 Å². The third-order valence-corrected chi connectivity index (χ3v) is 2.69. The highest BCUT2D eigenvalue weighted by Gasteiger charge is 2.12. The Balaban J connectivity index is 2.59. The van der Waals surface area contributed by atoms with Crippen LogP contribution in [-0.4, -0.2) is 35.6 Å². The molecule has 1 aromatic heterocycles. The van der Waals surface area contributed by atoms with Crippen LogP contribution in [0, 0.1) is 0 Å². The van der Waals surface area contributed by atoms with Crippen LogP contribution in [0.15, 0.2) is 12.4 Å². The number of nitrogens with two attached hydrogens (primary N) is 1. The number of aromatic nitrogens is 2. The van der Waals surface area contributed by atoms with Gasteiger partial charge in [-0.25, -0.2) is 9.97 Å². The number of nitrogens with one attached hydrogen (secondary N) is 1. The quantitative estimate of drug-likeness (QED) is 0.774. The molecule has 0 aliphatic rings. The predicted molar refractivity (Wildman–Crippen MR) is 77.0 cm³/mol. The second kappa shape index (κ2) is 6.54. The summed E-state index contributed by atoms with van der Waals surface area (Å²) in [6.45, 7) is 8.01. The number of anilines is 2. The third kappa shape index (κ3) is 5.31. The van der Waals surface area contributed by atoms with Crippen molar-refractivity contribution in [1.29, 1.82) is 0 Å². The molecular formula is C13H25N5. The fraction of sp³-hybridized carbons (Fsp3) is 0.692. The van der Waals surface area contributed by atoms with Gasteiger partial charge in [0.1, 0.15) is 18.0 Å². The van der Waals surface area contributed by atoms with Crippen molar-refractivity contribution in [1.82, 2.24) is 9.97 Å². The molecule has 1 aromatic rings. The minimum absolute atomic E-state index is 0.148. The second-order valence-electron chi connectivity index (χ2n) is 5.35. The van der Waals surface area contributed by atoms with E-state index in [4.69, 9.17) is 5.73 Å². The Kier molecular flexibility index (Phi) is 5.34. The molecule has 3 N–H and O–H groups in total. The van der Waals surface area contributed by atoms with Gasteiger partial charge in [0.2, 0.25) is 0 Å². The smallest absolute Gasteiger partial charge is 0.133 e. The van der Waals surface area contributed by atoms with Crippen molar-refractivity contribution in [2.45, 2.75) is 39.2 Å². The van der Waals surface area contributed by atoms with Crippen LogP contribution < -0.4 is 16.0 Å². The number of rotatable bonds is 7. The van der Waals surface area contributed by atoms with E-state index in [0.717, 1.165) is 37.6 Å². The van der Waals surface area contributed by atoms with Gasteiger partial charge in [0, 0.05) is 31.7 Å². The molecule has 0 aliphatic carbocycles. The minimum atomic E-state index is -0.148. The van der Waals surface area contributed by atoms with Crippen molar-refractivity contribution in [3.63, 3.8) is 0 Å². The lowest BCUT2D eigenvalue weighted by atomic mass is 10.0. The lowest BCUT2D eigenvalue weighted by molar-refractivity contribution is 0.478. The molecule has 0 bridgehead atoms. The van der Waals surface area contributed by atoms with Crippen molar-refractivity contribution in [3.8, 4) is 0 Å². The third-order valence-electron chi connectivity index (χ3n) is 2.69. The molecule has 0 aromatic carbocycles. The molecule has 0 saturated carbocycles. The first-order chi connectivity index (χ1) is 8.42. The van der Waals surface area contributed by atoms with E-state index in [1.165, 1.54) is 0 Å². The summed E-state index contributed by atoms with van der Waals surface area (Å²) in [5.74, 6) is 1.80. The Bertz CT molecular complexity index is 359. The highest BCUT2D eigenvalue weighted by atomic mass is 15.2. The van der Waals surface area contributed by atoms with Gasteiger partial charge in [-0.05, 0) is 26.7 Å². The molecule has 0 radical (unpaired) electrons. The van der Waals surface area contributed by atoms with Crippen molar-refractivity contribution in [2.24, 2.45) is 5.73 Å². The summed E-state index contributed by atoms with van der Waals surface area (Å²) >= 11 is 0. The van der Waals surface area contributed by atoms with E-state index >= 15 is 0 Å². The highest BCUT2D eigenvalue weighted by Crippen LogP contribution is 2.14. The molecule has 1 heterocycles. The van der Waals surface area contributed by atoms with Crippen molar-refractivity contribution in [3.05, 3.63) is 12.4 Å². The largest absolute Gasteiger partial charge is 0.370 e. The van der Waals surface area contributed by atoms with E-state index in [2.05, 4.69) is 27.1 Å². The molecule has 0 amide bonds. The zero-order chi connectivity index (χ0) is 13.6. The molecule has 0 atom stereocenters. The second-order valence-corrected chi connectivity index (χ2v) is 5.35. The highest BCUT2D eigenvalue weighted by molar-refractivity contribution is 5.47. The fourth-order valence-electron chi connectivity index (χ4n) is 1.48. The molecule has 5 nitrogen and oxygen atoms in total. The van der Waals surface area contributed by atoms with Crippen LogP contribution in [0.2, 0.25) is 0 Å². The molecule has 0 saturated heterocycles. The van der Waals surface area contributed by atoms with E-state index in [0.29, 0.717) is 0 Å². The zero-order valence-corrected chi connectivity index (χ0v) is 11.9. The van der Waals surface area contributed by atoms with Gasteiger partial charge >= 0.3 is 0 Å². The maximum Gasteiger partial charge on any atom is 0.133 e. The van der Waals surface area contributed by atoms with Gasteiger partial charge in [-0.1, -0.05) is 6.92 Å². The summed E-state index contributed by atoms with van der Waals surface area (Å²) < 4.78 is 0. The molecule has 0 unspecified atom stereocenters. The first-order valence-corrected chi connectivity index (χ1v) is 6.48. The molecule has 0 aliphatic heterocycles. The average Bonchev–Trinajstić information content (AvgIpc) is 2.33. The average molecular weight is 251 g/mol. The Morgan fingerprint density at radius 3 is 2.72 bits per heavy atom. The van der Waals surface area contributed by atoms with Crippen LogP contribution in [0.1, 0.15) is 33.6 Å². The molecule has 1 rings (SSSR count). The Morgan fingerprint density at radius 1 is 1.39 bits per heavy atom. The van der Waals surface area contributed by atoms with E-state index in [-0.39, 0.29) is 5.54 Å².